The van der Waals surface area contributed by atoms with Gasteiger partial charge in [-0.15, -0.1) is 18.9 Å². The first-order valence-electron chi connectivity index (χ1n) is 20.7. The fourth-order valence-corrected chi connectivity index (χ4v) is 4.99. The molecule has 0 atom stereocenters. The van der Waals surface area contributed by atoms with Gasteiger partial charge in [0.1, 0.15) is 0 Å². The predicted molar refractivity (Wildman–Crippen MR) is 250 cm³/mol. The third-order valence-electron chi connectivity index (χ3n) is 8.20. The average molecular weight is 723 g/mol. The predicted octanol–water partition coefficient (Wildman–Crippen LogP) is 17.7. The van der Waals surface area contributed by atoms with E-state index in [0.29, 0.717) is 0 Å². The Morgan fingerprint density at radius 2 is 1.04 bits per heavy atom. The lowest BCUT2D eigenvalue weighted by molar-refractivity contribution is 0.772. The van der Waals surface area contributed by atoms with Crippen molar-refractivity contribution in [2.45, 2.75) is 181 Å². The van der Waals surface area contributed by atoms with E-state index in [1.165, 1.54) is 127 Å². The molecule has 3 aromatic rings. The summed E-state index contributed by atoms with van der Waals surface area (Å²) in [5.41, 5.74) is 14.6. The van der Waals surface area contributed by atoms with Crippen LogP contribution >= 0.6 is 0 Å². The van der Waals surface area contributed by atoms with Gasteiger partial charge in [0.15, 0.2) is 0 Å². The van der Waals surface area contributed by atoms with Crippen LogP contribution in [-0.4, -0.2) is 0 Å². The molecule has 0 saturated heterocycles. The zero-order valence-corrected chi connectivity index (χ0v) is 38.0. The largest absolute Gasteiger partial charge is 0.120 e. The van der Waals surface area contributed by atoms with Crippen molar-refractivity contribution in [1.82, 2.24) is 0 Å². The normalized spacial score (nSPS) is 9.02. The fourth-order valence-electron chi connectivity index (χ4n) is 4.99. The number of aryl methyl sites for hydroxylation is 6. The number of allylic oxidation sites excluding steroid dienone is 3. The molecule has 0 fully saturated rings. The Labute approximate surface area is 333 Å². The maximum atomic E-state index is 4.60. The summed E-state index contributed by atoms with van der Waals surface area (Å²) in [6.07, 6.45) is 20.1. The highest BCUT2D eigenvalue weighted by Crippen LogP contribution is 2.19. The van der Waals surface area contributed by atoms with E-state index in [9.17, 15) is 0 Å². The molecular weight excluding hydrogens is 637 g/mol. The number of benzene rings is 3. The van der Waals surface area contributed by atoms with Crippen LogP contribution in [-0.2, 0) is 12.8 Å². The first kappa shape index (κ1) is 56.2. The van der Waals surface area contributed by atoms with Crippen LogP contribution in [0.1, 0.15) is 185 Å². The Bertz CT molecular complexity index is 1370. The van der Waals surface area contributed by atoms with Crippen molar-refractivity contribution in [3.05, 3.63) is 130 Å². The maximum absolute atomic E-state index is 4.60. The number of hydrogen-bond donors (Lipinski definition) is 0. The van der Waals surface area contributed by atoms with Crippen molar-refractivity contribution in [2.75, 3.05) is 0 Å². The van der Waals surface area contributed by atoms with Gasteiger partial charge in [-0.1, -0.05) is 183 Å². The minimum atomic E-state index is 1.14. The molecule has 0 bridgehead atoms. The fraction of sp³-hybridized carbons (Fsp3) is 0.509. The standard InChI is InChI=1S/C14H20.C11H14.C11H16.C7H14.C5H12.C3H4.C2H6/c1-5-6-7-13-8-9-14(11(2)3)10-12(13)4;1-8(2)11-6-5-9(3)7-10(11)4;1-3-4-8-11-9-6-5-7-10(11)2;1-4-5-6-7(2)3;1-3-5-4-2;1-3-2;1-2/h8-10H,2,5-7H2,1,3-4H3;5-7H,1H2,2-4H3;5-7,9H,3-4,8H2,1-2H3;2,4-6H2,1,3H3;3-5H2,1-2H3;1H,2H3;1-2H3. The van der Waals surface area contributed by atoms with E-state index in [4.69, 9.17) is 0 Å². The molecule has 3 rings (SSSR count). The van der Waals surface area contributed by atoms with Crippen molar-refractivity contribution < 1.29 is 0 Å². The summed E-state index contributed by atoms with van der Waals surface area (Å²) in [7, 11) is 0. The first-order valence-corrected chi connectivity index (χ1v) is 20.7. The second-order valence-electron chi connectivity index (χ2n) is 13.9. The molecule has 0 heteroatoms. The van der Waals surface area contributed by atoms with Crippen molar-refractivity contribution in [3.8, 4) is 12.3 Å². The molecule has 53 heavy (non-hydrogen) atoms. The van der Waals surface area contributed by atoms with Crippen LogP contribution < -0.4 is 0 Å². The molecule has 0 amide bonds. The van der Waals surface area contributed by atoms with Crippen molar-refractivity contribution in [1.29, 1.82) is 0 Å². The second-order valence-corrected chi connectivity index (χ2v) is 13.9. The third-order valence-corrected chi connectivity index (χ3v) is 8.20. The number of hydrogen-bond acceptors (Lipinski definition) is 0. The molecule has 0 N–H and O–H groups in total. The Morgan fingerprint density at radius 1 is 0.566 bits per heavy atom. The minimum Gasteiger partial charge on any atom is -0.120 e. The highest BCUT2D eigenvalue weighted by atomic mass is 14.1. The molecule has 3 aromatic carbocycles. The SMILES string of the molecule is C#CC.C=C(C)CCCC.C=C(C)c1ccc(C)cc1C.C=C(C)c1ccc(CCCC)c(C)c1.CC.CCCCC.CCCCc1ccccc1C. The number of terminal acetylenes is 1. The van der Waals surface area contributed by atoms with E-state index in [1.54, 1.807) is 6.92 Å². The molecule has 0 saturated carbocycles. The zero-order chi connectivity index (χ0) is 41.6. The second kappa shape index (κ2) is 39.6. The molecular formula is C53H86. The summed E-state index contributed by atoms with van der Waals surface area (Å²) < 4.78 is 0. The number of unbranched alkanes of at least 4 members (excludes halogenated alkanes) is 5. The lowest BCUT2D eigenvalue weighted by Gasteiger charge is -2.07. The zero-order valence-electron chi connectivity index (χ0n) is 38.0. The van der Waals surface area contributed by atoms with Crippen LogP contribution in [0.25, 0.3) is 11.1 Å². The summed E-state index contributed by atoms with van der Waals surface area (Å²) in [6.45, 7) is 43.2. The van der Waals surface area contributed by atoms with Crippen molar-refractivity contribution >= 4 is 11.1 Å². The van der Waals surface area contributed by atoms with Crippen LogP contribution in [0.15, 0.2) is 86.0 Å². The number of rotatable bonds is 13. The molecule has 0 unspecified atom stereocenters. The molecule has 0 aliphatic rings. The van der Waals surface area contributed by atoms with E-state index in [2.05, 4.69) is 169 Å². The maximum Gasteiger partial charge on any atom is -0.00297 e. The summed E-state index contributed by atoms with van der Waals surface area (Å²) in [5.74, 6) is 2.25. The first-order chi connectivity index (χ1) is 25.2. The lowest BCUT2D eigenvalue weighted by Crippen LogP contribution is -1.91. The quantitative estimate of drug-likeness (QED) is 0.122. The Hall–Kier alpha value is -3.56. The van der Waals surface area contributed by atoms with Gasteiger partial charge < -0.3 is 0 Å². The summed E-state index contributed by atoms with van der Waals surface area (Å²) in [4.78, 5) is 0. The molecule has 0 aromatic heterocycles. The Kier molecular flexibility index (Phi) is 42.0. The monoisotopic (exact) mass is 723 g/mol. The molecule has 0 aliphatic carbocycles. The van der Waals surface area contributed by atoms with E-state index in [1.807, 2.05) is 20.8 Å². The van der Waals surface area contributed by atoms with E-state index < -0.39 is 0 Å². The van der Waals surface area contributed by atoms with Gasteiger partial charge in [-0.25, -0.2) is 0 Å². The van der Waals surface area contributed by atoms with Gasteiger partial charge in [-0.3, -0.25) is 0 Å². The van der Waals surface area contributed by atoms with Gasteiger partial charge in [-0.05, 0) is 133 Å². The van der Waals surface area contributed by atoms with Gasteiger partial charge in [-0.2, -0.15) is 0 Å². The Balaban J connectivity index is -0.000000283. The van der Waals surface area contributed by atoms with Crippen LogP contribution in [0.5, 0.6) is 0 Å². The molecule has 0 spiro atoms. The molecule has 0 nitrogen and oxygen atoms in total. The summed E-state index contributed by atoms with van der Waals surface area (Å²) >= 11 is 0. The smallest absolute Gasteiger partial charge is 0.00297 e. The van der Waals surface area contributed by atoms with E-state index >= 15 is 0 Å². The molecule has 0 heterocycles. The van der Waals surface area contributed by atoms with Gasteiger partial charge in [0, 0.05) is 0 Å². The highest BCUT2D eigenvalue weighted by molar-refractivity contribution is 5.64. The van der Waals surface area contributed by atoms with Gasteiger partial charge >= 0.3 is 0 Å². The van der Waals surface area contributed by atoms with Gasteiger partial charge in [0.25, 0.3) is 0 Å². The lowest BCUT2D eigenvalue weighted by atomic mass is 9.98. The van der Waals surface area contributed by atoms with Gasteiger partial charge in [0.05, 0.1) is 0 Å². The van der Waals surface area contributed by atoms with Gasteiger partial charge in [0.2, 0.25) is 0 Å². The highest BCUT2D eigenvalue weighted by Gasteiger charge is 2.00. The summed E-state index contributed by atoms with van der Waals surface area (Å²) in [6, 6.07) is 21.7. The third kappa shape index (κ3) is 34.0. The average Bonchev–Trinajstić information content (AvgIpc) is 3.12. The van der Waals surface area contributed by atoms with Crippen LogP contribution in [0.4, 0.5) is 0 Å². The molecule has 298 valence electrons. The summed E-state index contributed by atoms with van der Waals surface area (Å²) in [5, 5.41) is 0. The van der Waals surface area contributed by atoms with Crippen LogP contribution in [0, 0.1) is 40.0 Å². The van der Waals surface area contributed by atoms with Crippen molar-refractivity contribution in [2.24, 2.45) is 0 Å². The van der Waals surface area contributed by atoms with Crippen LogP contribution in [0.2, 0.25) is 0 Å². The van der Waals surface area contributed by atoms with E-state index in [0.717, 1.165) is 11.1 Å². The minimum absolute atomic E-state index is 1.14. The van der Waals surface area contributed by atoms with Crippen molar-refractivity contribution in [3.63, 3.8) is 0 Å². The molecule has 0 radical (unpaired) electrons. The Morgan fingerprint density at radius 3 is 1.38 bits per heavy atom. The van der Waals surface area contributed by atoms with Crippen LogP contribution in [0.3, 0.4) is 0 Å². The van der Waals surface area contributed by atoms with E-state index in [-0.39, 0.29) is 0 Å². The topological polar surface area (TPSA) is 0 Å². The molecule has 0 aliphatic heterocycles.